The molecule has 1 fully saturated rings. The first kappa shape index (κ1) is 15.9. The predicted octanol–water partition coefficient (Wildman–Crippen LogP) is 1.74. The first-order valence-corrected chi connectivity index (χ1v) is 7.65. The largest absolute Gasteiger partial charge is 0.368 e. The maximum atomic E-state index is 12.1. The van der Waals surface area contributed by atoms with Crippen LogP contribution in [-0.2, 0) is 9.53 Å². The van der Waals surface area contributed by atoms with Crippen molar-refractivity contribution >= 4 is 23.2 Å². The van der Waals surface area contributed by atoms with Crippen LogP contribution < -0.4 is 16.2 Å². The van der Waals surface area contributed by atoms with Gasteiger partial charge in [-0.2, -0.15) is 0 Å². The molecule has 1 saturated heterocycles. The maximum Gasteiger partial charge on any atom is 0.261 e. The van der Waals surface area contributed by atoms with Crippen LogP contribution in [0.2, 0.25) is 0 Å². The summed E-state index contributed by atoms with van der Waals surface area (Å²) in [5, 5.41) is 5.41. The maximum absolute atomic E-state index is 12.1. The molecule has 24 heavy (non-hydrogen) atoms. The quantitative estimate of drug-likeness (QED) is 0.796. The molecule has 0 radical (unpaired) electrons. The number of amides is 2. The van der Waals surface area contributed by atoms with Crippen molar-refractivity contribution in [1.82, 2.24) is 4.98 Å². The molecule has 2 heterocycles. The lowest BCUT2D eigenvalue weighted by Crippen LogP contribution is -2.26. The van der Waals surface area contributed by atoms with Gasteiger partial charge in [-0.3, -0.25) is 14.4 Å². The van der Waals surface area contributed by atoms with Crippen molar-refractivity contribution in [2.45, 2.75) is 18.9 Å². The first-order valence-electron chi connectivity index (χ1n) is 7.65. The fraction of sp³-hybridized carbons (Fsp3) is 0.235. The van der Waals surface area contributed by atoms with Crippen LogP contribution in [0.1, 0.15) is 23.2 Å². The zero-order chi connectivity index (χ0) is 16.9. The van der Waals surface area contributed by atoms with Gasteiger partial charge in [0.05, 0.1) is 0 Å². The second-order valence-corrected chi connectivity index (χ2v) is 5.44. The normalized spacial score (nSPS) is 16.6. The van der Waals surface area contributed by atoms with E-state index in [4.69, 9.17) is 4.74 Å². The number of hydrogen-bond acceptors (Lipinski definition) is 4. The number of H-pyrrole nitrogens is 1. The lowest BCUT2D eigenvalue weighted by Gasteiger charge is -2.11. The van der Waals surface area contributed by atoms with Gasteiger partial charge in [0.2, 0.25) is 0 Å². The number of aromatic amines is 1. The molecule has 1 aromatic heterocycles. The van der Waals surface area contributed by atoms with Crippen LogP contribution in [0.4, 0.5) is 11.4 Å². The molecule has 1 aromatic carbocycles. The van der Waals surface area contributed by atoms with Gasteiger partial charge < -0.3 is 20.4 Å². The van der Waals surface area contributed by atoms with Crippen molar-refractivity contribution < 1.29 is 14.3 Å². The highest BCUT2D eigenvalue weighted by Crippen LogP contribution is 2.17. The van der Waals surface area contributed by atoms with Gasteiger partial charge in [0.25, 0.3) is 17.4 Å². The van der Waals surface area contributed by atoms with E-state index in [0.29, 0.717) is 18.0 Å². The number of anilines is 2. The Morgan fingerprint density at radius 2 is 1.79 bits per heavy atom. The van der Waals surface area contributed by atoms with Crippen LogP contribution in [0, 0.1) is 0 Å². The molecule has 1 aliphatic rings. The number of ether oxygens (including phenoxy) is 1. The van der Waals surface area contributed by atoms with Gasteiger partial charge in [0.15, 0.2) is 0 Å². The fourth-order valence-corrected chi connectivity index (χ4v) is 2.44. The topological polar surface area (TPSA) is 100 Å². The highest BCUT2D eigenvalue weighted by atomic mass is 16.5. The average Bonchev–Trinajstić information content (AvgIpc) is 3.11. The zero-order valence-electron chi connectivity index (χ0n) is 12.9. The lowest BCUT2D eigenvalue weighted by atomic mass is 10.2. The zero-order valence-corrected chi connectivity index (χ0v) is 12.9. The summed E-state index contributed by atoms with van der Waals surface area (Å²) in [5.74, 6) is -0.659. The Morgan fingerprint density at radius 1 is 1.08 bits per heavy atom. The van der Waals surface area contributed by atoms with Crippen LogP contribution >= 0.6 is 0 Å². The second kappa shape index (κ2) is 7.10. The van der Waals surface area contributed by atoms with Crippen LogP contribution in [0.3, 0.4) is 0 Å². The molecule has 3 N–H and O–H groups in total. The third-order valence-corrected chi connectivity index (χ3v) is 3.70. The van der Waals surface area contributed by atoms with E-state index in [2.05, 4.69) is 15.6 Å². The Kier molecular flexibility index (Phi) is 4.72. The van der Waals surface area contributed by atoms with E-state index in [1.165, 1.54) is 12.3 Å². The summed E-state index contributed by atoms with van der Waals surface area (Å²) in [7, 11) is 0. The Labute approximate surface area is 138 Å². The SMILES string of the molecule is O=C(Nc1ccc(NC(=O)[C@H]2CCCO2)cc1)c1ccc[nH]c1=O. The molecule has 0 bridgehead atoms. The summed E-state index contributed by atoms with van der Waals surface area (Å²) in [4.78, 5) is 38.0. The Morgan fingerprint density at radius 3 is 2.42 bits per heavy atom. The first-order chi connectivity index (χ1) is 11.6. The van der Waals surface area contributed by atoms with E-state index >= 15 is 0 Å². The second-order valence-electron chi connectivity index (χ2n) is 5.44. The molecule has 3 rings (SSSR count). The van der Waals surface area contributed by atoms with E-state index in [0.717, 1.165) is 12.8 Å². The summed E-state index contributed by atoms with van der Waals surface area (Å²) in [5.41, 5.74) is 0.730. The summed E-state index contributed by atoms with van der Waals surface area (Å²) in [6.07, 6.45) is 2.69. The molecule has 124 valence electrons. The van der Waals surface area contributed by atoms with Gasteiger partial charge in [0.1, 0.15) is 11.7 Å². The number of pyridine rings is 1. The highest BCUT2D eigenvalue weighted by molar-refractivity contribution is 6.04. The summed E-state index contributed by atoms with van der Waals surface area (Å²) >= 11 is 0. The lowest BCUT2D eigenvalue weighted by molar-refractivity contribution is -0.124. The molecule has 0 saturated carbocycles. The predicted molar refractivity (Wildman–Crippen MR) is 89.1 cm³/mol. The number of carbonyl (C=O) groups is 2. The van der Waals surface area contributed by atoms with E-state index < -0.39 is 17.6 Å². The van der Waals surface area contributed by atoms with Gasteiger partial charge in [-0.05, 0) is 49.2 Å². The Bertz CT molecular complexity index is 792. The molecule has 1 atom stereocenters. The van der Waals surface area contributed by atoms with Gasteiger partial charge in [0, 0.05) is 24.2 Å². The molecule has 1 aliphatic heterocycles. The van der Waals surface area contributed by atoms with Crippen molar-refractivity contribution in [2.24, 2.45) is 0 Å². The summed E-state index contributed by atoms with van der Waals surface area (Å²) < 4.78 is 5.32. The number of rotatable bonds is 4. The Hall–Kier alpha value is -2.93. The summed E-state index contributed by atoms with van der Waals surface area (Å²) in [6, 6.07) is 9.69. The highest BCUT2D eigenvalue weighted by Gasteiger charge is 2.23. The van der Waals surface area contributed by atoms with E-state index in [1.807, 2.05) is 0 Å². The molecular weight excluding hydrogens is 310 g/mol. The van der Waals surface area contributed by atoms with Crippen molar-refractivity contribution in [1.29, 1.82) is 0 Å². The van der Waals surface area contributed by atoms with Crippen LogP contribution in [-0.4, -0.2) is 29.5 Å². The average molecular weight is 327 g/mol. The summed E-state index contributed by atoms with van der Waals surface area (Å²) in [6.45, 7) is 0.613. The monoisotopic (exact) mass is 327 g/mol. The fourth-order valence-electron chi connectivity index (χ4n) is 2.44. The van der Waals surface area contributed by atoms with Gasteiger partial charge in [-0.1, -0.05) is 0 Å². The number of aromatic nitrogens is 1. The Balaban J connectivity index is 1.62. The van der Waals surface area contributed by atoms with Crippen LogP contribution in [0.25, 0.3) is 0 Å². The van der Waals surface area contributed by atoms with E-state index in [9.17, 15) is 14.4 Å². The minimum absolute atomic E-state index is 0.0354. The number of hydrogen-bond donors (Lipinski definition) is 3. The van der Waals surface area contributed by atoms with Crippen molar-refractivity contribution in [2.75, 3.05) is 17.2 Å². The van der Waals surface area contributed by atoms with Gasteiger partial charge in [-0.25, -0.2) is 0 Å². The third-order valence-electron chi connectivity index (χ3n) is 3.70. The van der Waals surface area contributed by atoms with Gasteiger partial charge in [-0.15, -0.1) is 0 Å². The number of carbonyl (C=O) groups excluding carboxylic acids is 2. The third kappa shape index (κ3) is 3.69. The van der Waals surface area contributed by atoms with Crippen molar-refractivity contribution in [3.05, 3.63) is 58.5 Å². The van der Waals surface area contributed by atoms with Gasteiger partial charge >= 0.3 is 0 Å². The van der Waals surface area contributed by atoms with Crippen LogP contribution in [0.5, 0.6) is 0 Å². The molecule has 0 spiro atoms. The number of benzene rings is 1. The van der Waals surface area contributed by atoms with Crippen molar-refractivity contribution in [3.63, 3.8) is 0 Å². The van der Waals surface area contributed by atoms with Crippen LogP contribution in [0.15, 0.2) is 47.4 Å². The number of nitrogens with one attached hydrogen (secondary N) is 3. The molecule has 7 heteroatoms. The minimum atomic E-state index is -0.493. The molecule has 7 nitrogen and oxygen atoms in total. The van der Waals surface area contributed by atoms with E-state index in [1.54, 1.807) is 30.3 Å². The molecular formula is C17H17N3O4. The smallest absolute Gasteiger partial charge is 0.261 e. The molecule has 2 amide bonds. The molecule has 0 aliphatic carbocycles. The standard InChI is InChI=1S/C17H17N3O4/c21-15-13(3-1-9-18-15)16(22)19-11-5-7-12(8-6-11)20-17(23)14-4-2-10-24-14/h1,3,5-9,14H,2,4,10H2,(H,18,21)(H,19,22)(H,20,23)/t14-/m1/s1. The van der Waals surface area contributed by atoms with E-state index in [-0.39, 0.29) is 11.5 Å². The minimum Gasteiger partial charge on any atom is -0.368 e. The molecule has 2 aromatic rings. The molecule has 0 unspecified atom stereocenters. The van der Waals surface area contributed by atoms with Crippen molar-refractivity contribution in [3.8, 4) is 0 Å².